The lowest BCUT2D eigenvalue weighted by Gasteiger charge is -2.22. The summed E-state index contributed by atoms with van der Waals surface area (Å²) < 4.78 is 4.97. The highest BCUT2D eigenvalue weighted by molar-refractivity contribution is 14.0. The zero-order valence-corrected chi connectivity index (χ0v) is 17.1. The van der Waals surface area contributed by atoms with Gasteiger partial charge in [-0.3, -0.25) is 0 Å². The third kappa shape index (κ3) is 6.10. The lowest BCUT2D eigenvalue weighted by molar-refractivity contribution is 0.387. The molecule has 0 bridgehead atoms. The number of rotatable bonds is 6. The van der Waals surface area contributed by atoms with Crippen molar-refractivity contribution in [2.24, 2.45) is 4.99 Å². The van der Waals surface area contributed by atoms with Crippen LogP contribution in [0, 0.1) is 6.92 Å². The standard InChI is InChI=1S/C17H25N5O.HI/c1-5-14-7-9-15(10-8-14)12-22(4)17(18-6-2)19-11-16-20-13(3)23-21-16;/h7-10H,5-6,11-12H2,1-4H3,(H,18,19);1H. The molecule has 0 aliphatic carbocycles. The Bertz CT molecular complexity index is 639. The van der Waals surface area contributed by atoms with Crippen LogP contribution >= 0.6 is 24.0 Å². The van der Waals surface area contributed by atoms with E-state index in [9.17, 15) is 0 Å². The Morgan fingerprint density at radius 1 is 1.21 bits per heavy atom. The second kappa shape index (κ2) is 10.3. The van der Waals surface area contributed by atoms with E-state index in [-0.39, 0.29) is 24.0 Å². The van der Waals surface area contributed by atoms with Gasteiger partial charge < -0.3 is 14.7 Å². The van der Waals surface area contributed by atoms with Gasteiger partial charge in [-0.15, -0.1) is 24.0 Å². The minimum Gasteiger partial charge on any atom is -0.357 e. The third-order valence-corrected chi connectivity index (χ3v) is 3.49. The van der Waals surface area contributed by atoms with Crippen LogP contribution in [-0.2, 0) is 19.5 Å². The van der Waals surface area contributed by atoms with E-state index in [2.05, 4.69) is 63.5 Å². The fourth-order valence-corrected chi connectivity index (χ4v) is 2.25. The van der Waals surface area contributed by atoms with Gasteiger partial charge in [0.05, 0.1) is 0 Å². The first-order chi connectivity index (χ1) is 11.1. The molecule has 0 aliphatic heterocycles. The van der Waals surface area contributed by atoms with Crippen LogP contribution < -0.4 is 5.32 Å². The molecule has 0 amide bonds. The molecule has 0 unspecified atom stereocenters. The summed E-state index contributed by atoms with van der Waals surface area (Å²) in [4.78, 5) is 10.8. The molecule has 0 atom stereocenters. The first kappa shape index (κ1) is 20.4. The van der Waals surface area contributed by atoms with Crippen molar-refractivity contribution in [3.63, 3.8) is 0 Å². The molecule has 24 heavy (non-hydrogen) atoms. The number of hydrogen-bond acceptors (Lipinski definition) is 4. The summed E-state index contributed by atoms with van der Waals surface area (Å²) in [6.07, 6.45) is 1.06. The lowest BCUT2D eigenvalue weighted by atomic mass is 10.1. The number of nitrogens with one attached hydrogen (secondary N) is 1. The number of aromatic nitrogens is 2. The largest absolute Gasteiger partial charge is 0.357 e. The van der Waals surface area contributed by atoms with Crippen molar-refractivity contribution in [1.82, 2.24) is 20.4 Å². The Balaban J connectivity index is 0.00000288. The van der Waals surface area contributed by atoms with Crippen molar-refractivity contribution in [3.8, 4) is 0 Å². The lowest BCUT2D eigenvalue weighted by Crippen LogP contribution is -2.38. The number of aliphatic imine (C=N–C) groups is 1. The van der Waals surface area contributed by atoms with Crippen LogP contribution in [0.3, 0.4) is 0 Å². The van der Waals surface area contributed by atoms with Gasteiger partial charge in [-0.1, -0.05) is 36.3 Å². The number of benzene rings is 1. The number of hydrogen-bond donors (Lipinski definition) is 1. The maximum absolute atomic E-state index is 4.97. The molecule has 1 aromatic carbocycles. The van der Waals surface area contributed by atoms with Crippen molar-refractivity contribution in [3.05, 3.63) is 47.1 Å². The van der Waals surface area contributed by atoms with Crippen molar-refractivity contribution in [2.75, 3.05) is 13.6 Å². The number of nitrogens with zero attached hydrogens (tertiary/aromatic N) is 4. The molecular weight excluding hydrogens is 417 g/mol. The van der Waals surface area contributed by atoms with Crippen LogP contribution in [-0.4, -0.2) is 34.6 Å². The molecule has 6 nitrogen and oxygen atoms in total. The minimum absolute atomic E-state index is 0. The topological polar surface area (TPSA) is 66.5 Å². The van der Waals surface area contributed by atoms with Crippen LogP contribution in [0.5, 0.6) is 0 Å². The van der Waals surface area contributed by atoms with Gasteiger partial charge in [-0.25, -0.2) is 4.99 Å². The molecule has 0 radical (unpaired) electrons. The van der Waals surface area contributed by atoms with E-state index in [1.54, 1.807) is 6.92 Å². The van der Waals surface area contributed by atoms with E-state index in [1.807, 2.05) is 7.05 Å². The van der Waals surface area contributed by atoms with Crippen molar-refractivity contribution in [2.45, 2.75) is 40.3 Å². The van der Waals surface area contributed by atoms with Crippen LogP contribution in [0.1, 0.15) is 36.7 Å². The fourth-order valence-electron chi connectivity index (χ4n) is 2.25. The Morgan fingerprint density at radius 2 is 1.88 bits per heavy atom. The summed E-state index contributed by atoms with van der Waals surface area (Å²) in [5, 5.41) is 7.16. The van der Waals surface area contributed by atoms with E-state index < -0.39 is 0 Å². The summed E-state index contributed by atoms with van der Waals surface area (Å²) >= 11 is 0. The smallest absolute Gasteiger partial charge is 0.223 e. The summed E-state index contributed by atoms with van der Waals surface area (Å²) in [5.41, 5.74) is 2.61. The van der Waals surface area contributed by atoms with Crippen LogP contribution in [0.25, 0.3) is 0 Å². The molecule has 0 fully saturated rings. The average molecular weight is 443 g/mol. The van der Waals surface area contributed by atoms with Gasteiger partial charge in [-0.2, -0.15) is 4.98 Å². The van der Waals surface area contributed by atoms with Gasteiger partial charge >= 0.3 is 0 Å². The van der Waals surface area contributed by atoms with E-state index in [0.717, 1.165) is 25.5 Å². The SMILES string of the molecule is CCNC(=NCc1noc(C)n1)N(C)Cc1ccc(CC)cc1.I. The third-order valence-electron chi connectivity index (χ3n) is 3.49. The molecule has 1 N–H and O–H groups in total. The van der Waals surface area contributed by atoms with E-state index in [1.165, 1.54) is 11.1 Å². The molecule has 1 aromatic heterocycles. The fraction of sp³-hybridized carbons (Fsp3) is 0.471. The minimum atomic E-state index is 0. The highest BCUT2D eigenvalue weighted by Gasteiger charge is 2.08. The Kier molecular flexibility index (Phi) is 8.73. The van der Waals surface area contributed by atoms with Gasteiger partial charge in [0.2, 0.25) is 5.89 Å². The molecule has 0 aliphatic rings. The van der Waals surface area contributed by atoms with E-state index in [4.69, 9.17) is 4.52 Å². The normalized spacial score (nSPS) is 11.1. The molecular formula is C17H26IN5O. The van der Waals surface area contributed by atoms with E-state index >= 15 is 0 Å². The molecule has 0 saturated heterocycles. The quantitative estimate of drug-likeness (QED) is 0.422. The molecule has 7 heteroatoms. The zero-order valence-electron chi connectivity index (χ0n) is 14.7. The van der Waals surface area contributed by atoms with Crippen molar-refractivity contribution < 1.29 is 4.52 Å². The average Bonchev–Trinajstić information content (AvgIpc) is 2.97. The predicted octanol–water partition coefficient (Wildman–Crippen LogP) is 3.16. The monoisotopic (exact) mass is 443 g/mol. The Hall–Kier alpha value is -1.64. The van der Waals surface area contributed by atoms with E-state index in [0.29, 0.717) is 18.3 Å². The van der Waals surface area contributed by atoms with Gasteiger partial charge in [0.15, 0.2) is 11.8 Å². The first-order valence-corrected chi connectivity index (χ1v) is 7.98. The highest BCUT2D eigenvalue weighted by Crippen LogP contribution is 2.08. The number of halogens is 1. The maximum Gasteiger partial charge on any atom is 0.223 e. The second-order valence-corrected chi connectivity index (χ2v) is 5.43. The van der Waals surface area contributed by atoms with Crippen LogP contribution in [0.15, 0.2) is 33.8 Å². The van der Waals surface area contributed by atoms with Crippen LogP contribution in [0.2, 0.25) is 0 Å². The molecule has 0 saturated carbocycles. The van der Waals surface area contributed by atoms with Crippen molar-refractivity contribution in [1.29, 1.82) is 0 Å². The maximum atomic E-state index is 4.97. The number of aryl methyl sites for hydroxylation is 2. The molecule has 0 spiro atoms. The molecule has 1 heterocycles. The first-order valence-electron chi connectivity index (χ1n) is 7.98. The molecule has 2 rings (SSSR count). The zero-order chi connectivity index (χ0) is 16.7. The Labute approximate surface area is 160 Å². The van der Waals surface area contributed by atoms with Gasteiger partial charge in [0.25, 0.3) is 0 Å². The predicted molar refractivity (Wildman–Crippen MR) is 107 cm³/mol. The second-order valence-electron chi connectivity index (χ2n) is 5.43. The van der Waals surface area contributed by atoms with Gasteiger partial charge in [0, 0.05) is 27.1 Å². The highest BCUT2D eigenvalue weighted by atomic mass is 127. The van der Waals surface area contributed by atoms with Crippen molar-refractivity contribution >= 4 is 29.9 Å². The molecule has 132 valence electrons. The summed E-state index contributed by atoms with van der Waals surface area (Å²) in [7, 11) is 2.02. The number of guanidine groups is 1. The van der Waals surface area contributed by atoms with Gasteiger partial charge in [-0.05, 0) is 24.5 Å². The summed E-state index contributed by atoms with van der Waals surface area (Å²) in [6, 6.07) is 8.69. The Morgan fingerprint density at radius 3 is 2.42 bits per heavy atom. The van der Waals surface area contributed by atoms with Crippen LogP contribution in [0.4, 0.5) is 0 Å². The molecule has 2 aromatic rings. The van der Waals surface area contributed by atoms with Gasteiger partial charge in [0.1, 0.15) is 6.54 Å². The summed E-state index contributed by atoms with van der Waals surface area (Å²) in [6.45, 7) is 8.00. The summed E-state index contributed by atoms with van der Waals surface area (Å²) in [5.74, 6) is 1.98.